The van der Waals surface area contributed by atoms with Crippen molar-refractivity contribution in [2.45, 2.75) is 43.9 Å². The van der Waals surface area contributed by atoms with Crippen LogP contribution in [0.15, 0.2) is 34.9 Å². The molecule has 136 valence electrons. The molecule has 0 bridgehead atoms. The highest BCUT2D eigenvalue weighted by Crippen LogP contribution is 2.30. The number of carbonyl (C=O) groups excluding carboxylic acids is 1. The van der Waals surface area contributed by atoms with Gasteiger partial charge in [0.25, 0.3) is 0 Å². The van der Waals surface area contributed by atoms with Gasteiger partial charge in [-0.2, -0.15) is 0 Å². The summed E-state index contributed by atoms with van der Waals surface area (Å²) in [5, 5.41) is 5.20. The van der Waals surface area contributed by atoms with Crippen molar-refractivity contribution in [2.24, 2.45) is 5.14 Å². The van der Waals surface area contributed by atoms with E-state index in [4.69, 9.17) is 5.14 Å². The highest BCUT2D eigenvalue weighted by atomic mass is 32.2. The maximum Gasteiger partial charge on any atom is 0.246 e. The lowest BCUT2D eigenvalue weighted by molar-refractivity contribution is -0.127. The molecule has 1 aliphatic heterocycles. The summed E-state index contributed by atoms with van der Waals surface area (Å²) in [5.41, 5.74) is 3.00. The van der Waals surface area contributed by atoms with E-state index in [1.165, 1.54) is 12.5 Å². The molecule has 1 aromatic rings. The van der Waals surface area contributed by atoms with Crippen LogP contribution in [0.5, 0.6) is 0 Å². The minimum absolute atomic E-state index is 0.0963. The van der Waals surface area contributed by atoms with Gasteiger partial charge >= 0.3 is 0 Å². The molecule has 1 heterocycles. The van der Waals surface area contributed by atoms with E-state index in [2.05, 4.69) is 6.08 Å². The summed E-state index contributed by atoms with van der Waals surface area (Å²) in [6.07, 6.45) is 7.25. The second-order valence-corrected chi connectivity index (χ2v) is 8.15. The number of allylic oxidation sites excluding steroid dienone is 2. The lowest BCUT2D eigenvalue weighted by atomic mass is 10.0. The molecule has 1 aromatic carbocycles. The molecule has 0 aromatic heterocycles. The molecule has 7 heteroatoms. The van der Waals surface area contributed by atoms with Crippen LogP contribution >= 0.6 is 0 Å². The lowest BCUT2D eigenvalue weighted by Crippen LogP contribution is -2.39. The Hall–Kier alpha value is -1.86. The number of likely N-dealkylation sites (N-methyl/N-ethyl adjacent to an activating group) is 1. The van der Waals surface area contributed by atoms with E-state index in [0.29, 0.717) is 19.6 Å². The molecule has 6 nitrogen and oxygen atoms in total. The number of fused-ring (bicyclic) bond motifs is 1. The van der Waals surface area contributed by atoms with Crippen molar-refractivity contribution < 1.29 is 13.2 Å². The summed E-state index contributed by atoms with van der Waals surface area (Å²) in [7, 11) is -3.70. The van der Waals surface area contributed by atoms with Crippen molar-refractivity contribution in [3.8, 4) is 0 Å². The first-order valence-corrected chi connectivity index (χ1v) is 10.3. The standard InChI is InChI=1S/C18H25N3O3S/c1-2-21(15-6-4-3-5-7-15)18(22)13-20-11-10-14-12-16(25(19,23)24)8-9-17(14)20/h6,8-9,12H,2-5,7,10-11,13H2,1H3,(H2,19,23,24). The third kappa shape index (κ3) is 3.88. The summed E-state index contributed by atoms with van der Waals surface area (Å²) in [5.74, 6) is 0.0963. The fourth-order valence-electron chi connectivity index (χ4n) is 3.64. The van der Waals surface area contributed by atoms with Crippen molar-refractivity contribution in [1.82, 2.24) is 4.90 Å². The van der Waals surface area contributed by atoms with Crippen molar-refractivity contribution >= 4 is 21.6 Å². The van der Waals surface area contributed by atoms with Crippen molar-refractivity contribution in [3.63, 3.8) is 0 Å². The number of hydrogen-bond acceptors (Lipinski definition) is 4. The third-order valence-corrected chi connectivity index (χ3v) is 5.84. The number of amides is 1. The zero-order chi connectivity index (χ0) is 18.0. The molecular formula is C18H25N3O3S. The summed E-state index contributed by atoms with van der Waals surface area (Å²) in [6, 6.07) is 4.89. The normalized spacial score (nSPS) is 17.2. The maximum atomic E-state index is 12.8. The number of rotatable bonds is 5. The van der Waals surface area contributed by atoms with E-state index in [1.54, 1.807) is 12.1 Å². The predicted octanol–water partition coefficient (Wildman–Crippen LogP) is 2.00. The van der Waals surface area contributed by atoms with Crippen LogP contribution in [0.2, 0.25) is 0 Å². The summed E-state index contributed by atoms with van der Waals surface area (Å²) >= 11 is 0. The fraction of sp³-hybridized carbons (Fsp3) is 0.500. The predicted molar refractivity (Wildman–Crippen MR) is 97.7 cm³/mol. The maximum absolute atomic E-state index is 12.8. The summed E-state index contributed by atoms with van der Waals surface area (Å²) in [4.78, 5) is 16.8. The lowest BCUT2D eigenvalue weighted by Gasteiger charge is -2.29. The number of hydrogen-bond donors (Lipinski definition) is 1. The molecule has 0 fully saturated rings. The molecule has 0 saturated carbocycles. The monoisotopic (exact) mass is 363 g/mol. The van der Waals surface area contributed by atoms with Gasteiger partial charge < -0.3 is 9.80 Å². The Kier molecular flexibility index (Phi) is 5.15. The molecule has 0 radical (unpaired) electrons. The average Bonchev–Trinajstić information content (AvgIpc) is 2.98. The van der Waals surface area contributed by atoms with Crippen LogP contribution in [0, 0.1) is 0 Å². The topological polar surface area (TPSA) is 83.7 Å². The van der Waals surface area contributed by atoms with Crippen LogP contribution in [0.4, 0.5) is 5.69 Å². The van der Waals surface area contributed by atoms with Crippen molar-refractivity contribution in [2.75, 3.05) is 24.5 Å². The van der Waals surface area contributed by atoms with Crippen LogP contribution in [0.1, 0.15) is 38.2 Å². The number of nitrogens with zero attached hydrogens (tertiary/aromatic N) is 2. The molecule has 1 aliphatic carbocycles. The summed E-state index contributed by atoms with van der Waals surface area (Å²) in [6.45, 7) is 3.71. The van der Waals surface area contributed by atoms with Gasteiger partial charge in [0, 0.05) is 24.5 Å². The number of benzene rings is 1. The largest absolute Gasteiger partial charge is 0.362 e. The van der Waals surface area contributed by atoms with E-state index in [9.17, 15) is 13.2 Å². The quantitative estimate of drug-likeness (QED) is 0.867. The zero-order valence-electron chi connectivity index (χ0n) is 14.6. The number of primary sulfonamides is 1. The molecule has 0 atom stereocenters. The van der Waals surface area contributed by atoms with Crippen LogP contribution < -0.4 is 10.0 Å². The van der Waals surface area contributed by atoms with Gasteiger partial charge in [0.1, 0.15) is 0 Å². The number of carbonyl (C=O) groups is 1. The molecule has 0 unspecified atom stereocenters. The van der Waals surface area contributed by atoms with Crippen molar-refractivity contribution in [1.29, 1.82) is 0 Å². The minimum atomic E-state index is -3.70. The van der Waals surface area contributed by atoms with Crippen LogP contribution in [0.3, 0.4) is 0 Å². The zero-order valence-corrected chi connectivity index (χ0v) is 15.4. The Morgan fingerprint density at radius 3 is 2.72 bits per heavy atom. The van der Waals surface area contributed by atoms with Gasteiger partial charge in [-0.3, -0.25) is 4.79 Å². The van der Waals surface area contributed by atoms with Gasteiger partial charge in [-0.25, -0.2) is 13.6 Å². The van der Waals surface area contributed by atoms with E-state index < -0.39 is 10.0 Å². The Morgan fingerprint density at radius 2 is 2.08 bits per heavy atom. The highest BCUT2D eigenvalue weighted by Gasteiger charge is 2.26. The minimum Gasteiger partial charge on any atom is -0.362 e. The Morgan fingerprint density at radius 1 is 1.28 bits per heavy atom. The number of anilines is 1. The number of sulfonamides is 1. The Labute approximate surface area is 149 Å². The first-order chi connectivity index (χ1) is 11.9. The second-order valence-electron chi connectivity index (χ2n) is 6.59. The summed E-state index contributed by atoms with van der Waals surface area (Å²) < 4.78 is 23.0. The smallest absolute Gasteiger partial charge is 0.246 e. The first kappa shape index (κ1) is 17.9. The Bertz CT molecular complexity index is 802. The molecule has 1 amide bonds. The van der Waals surface area contributed by atoms with Gasteiger partial charge in [0.2, 0.25) is 15.9 Å². The molecule has 0 saturated heterocycles. The molecule has 2 aliphatic rings. The molecule has 25 heavy (non-hydrogen) atoms. The van der Waals surface area contributed by atoms with E-state index in [0.717, 1.165) is 42.6 Å². The van der Waals surface area contributed by atoms with E-state index in [-0.39, 0.29) is 10.8 Å². The average molecular weight is 363 g/mol. The van der Waals surface area contributed by atoms with Gasteiger partial charge in [0.15, 0.2) is 0 Å². The van der Waals surface area contributed by atoms with E-state index in [1.807, 2.05) is 16.7 Å². The van der Waals surface area contributed by atoms with Crippen LogP contribution in [0.25, 0.3) is 0 Å². The molecule has 0 spiro atoms. The fourth-order valence-corrected chi connectivity index (χ4v) is 4.21. The van der Waals surface area contributed by atoms with Gasteiger partial charge in [0.05, 0.1) is 11.4 Å². The number of nitrogens with two attached hydrogens (primary N) is 1. The van der Waals surface area contributed by atoms with Gasteiger partial charge in [-0.05, 0) is 62.8 Å². The first-order valence-electron chi connectivity index (χ1n) is 8.80. The van der Waals surface area contributed by atoms with Gasteiger partial charge in [-0.1, -0.05) is 6.08 Å². The molecule has 2 N–H and O–H groups in total. The second kappa shape index (κ2) is 7.17. The highest BCUT2D eigenvalue weighted by molar-refractivity contribution is 7.89. The van der Waals surface area contributed by atoms with Gasteiger partial charge in [-0.15, -0.1) is 0 Å². The molecule has 3 rings (SSSR count). The molecular weight excluding hydrogens is 338 g/mol. The Balaban J connectivity index is 1.75. The third-order valence-electron chi connectivity index (χ3n) is 4.93. The van der Waals surface area contributed by atoms with E-state index >= 15 is 0 Å². The van der Waals surface area contributed by atoms with Crippen LogP contribution in [-0.2, 0) is 21.2 Å². The van der Waals surface area contributed by atoms with Crippen molar-refractivity contribution in [3.05, 3.63) is 35.5 Å². The SMILES string of the molecule is CCN(C(=O)CN1CCc2cc(S(N)(=O)=O)ccc21)C1=CCCCC1. The van der Waals surface area contributed by atoms with Crippen LogP contribution in [-0.4, -0.2) is 38.9 Å².